The first-order valence-corrected chi connectivity index (χ1v) is 10.4. The number of amides is 1. The first kappa shape index (κ1) is 20.9. The van der Waals surface area contributed by atoms with E-state index in [9.17, 15) is 4.79 Å². The summed E-state index contributed by atoms with van der Waals surface area (Å²) in [6.07, 6.45) is 1.72. The maximum atomic E-state index is 12.3. The molecule has 0 saturated carbocycles. The van der Waals surface area contributed by atoms with Crippen LogP contribution in [0.3, 0.4) is 0 Å². The molecule has 152 valence electrons. The molecule has 0 aliphatic rings. The summed E-state index contributed by atoms with van der Waals surface area (Å²) in [5.74, 6) is 1.60. The molecule has 2 heterocycles. The number of hydrogen-bond acceptors (Lipinski definition) is 6. The number of carbonyl (C=O) groups is 1. The third-order valence-corrected chi connectivity index (χ3v) is 4.71. The van der Waals surface area contributed by atoms with Crippen LogP contribution in [0, 0.1) is 0 Å². The van der Waals surface area contributed by atoms with E-state index in [0.717, 1.165) is 11.4 Å². The average molecular weight is 412 g/mol. The first-order valence-electron chi connectivity index (χ1n) is 9.41. The summed E-state index contributed by atoms with van der Waals surface area (Å²) >= 11 is 1.34. The van der Waals surface area contributed by atoms with Crippen LogP contribution in [0.1, 0.15) is 27.7 Å². The lowest BCUT2D eigenvalue weighted by Gasteiger charge is -2.20. The lowest BCUT2D eigenvalue weighted by atomic mass is 10.1. The lowest BCUT2D eigenvalue weighted by Crippen LogP contribution is -2.41. The fourth-order valence-corrected chi connectivity index (χ4v) is 3.45. The standard InChI is InChI=1S/C21H25N5O2S/c1-5-28-16-11-9-15(10-12-16)26-19(17-8-6-7-13-22-17)24-25-20(26)29-14-18(27)23-21(2,3)4/h6-13H,5,14H2,1-4H3,(H,23,27). The number of benzene rings is 1. The molecule has 2 aromatic heterocycles. The Labute approximate surface area is 174 Å². The zero-order chi connectivity index (χ0) is 20.9. The Kier molecular flexibility index (Phi) is 6.53. The number of rotatable bonds is 7. The van der Waals surface area contributed by atoms with Gasteiger partial charge in [-0.15, -0.1) is 10.2 Å². The van der Waals surface area contributed by atoms with E-state index in [1.807, 2.05) is 74.7 Å². The zero-order valence-electron chi connectivity index (χ0n) is 17.0. The molecule has 0 aliphatic heterocycles. The van der Waals surface area contributed by atoms with Gasteiger partial charge in [-0.25, -0.2) is 0 Å². The molecular formula is C21H25N5O2S. The van der Waals surface area contributed by atoms with Crippen molar-refractivity contribution >= 4 is 17.7 Å². The molecule has 8 heteroatoms. The van der Waals surface area contributed by atoms with Crippen LogP contribution < -0.4 is 10.1 Å². The Morgan fingerprint density at radius 1 is 1.14 bits per heavy atom. The molecule has 0 radical (unpaired) electrons. The van der Waals surface area contributed by atoms with Crippen LogP contribution in [-0.4, -0.2) is 43.6 Å². The minimum absolute atomic E-state index is 0.0527. The number of thioether (sulfide) groups is 1. The summed E-state index contributed by atoms with van der Waals surface area (Å²) in [6, 6.07) is 13.3. The van der Waals surface area contributed by atoms with Crippen LogP contribution in [0.4, 0.5) is 0 Å². The molecule has 1 aromatic carbocycles. The molecule has 1 amide bonds. The van der Waals surface area contributed by atoms with Crippen LogP contribution >= 0.6 is 11.8 Å². The summed E-state index contributed by atoms with van der Waals surface area (Å²) in [5, 5.41) is 12.2. The molecule has 0 unspecified atom stereocenters. The molecule has 7 nitrogen and oxygen atoms in total. The highest BCUT2D eigenvalue weighted by atomic mass is 32.2. The number of pyridine rings is 1. The number of nitrogens with one attached hydrogen (secondary N) is 1. The van der Waals surface area contributed by atoms with Gasteiger partial charge in [0.1, 0.15) is 11.4 Å². The summed E-state index contributed by atoms with van der Waals surface area (Å²) < 4.78 is 7.45. The molecule has 0 bridgehead atoms. The summed E-state index contributed by atoms with van der Waals surface area (Å²) in [4.78, 5) is 16.7. The second-order valence-electron chi connectivity index (χ2n) is 7.37. The Morgan fingerprint density at radius 3 is 2.52 bits per heavy atom. The fourth-order valence-electron chi connectivity index (χ4n) is 2.70. The Morgan fingerprint density at radius 2 is 1.90 bits per heavy atom. The monoisotopic (exact) mass is 411 g/mol. The van der Waals surface area contributed by atoms with Gasteiger partial charge in [-0.05, 0) is 64.1 Å². The third kappa shape index (κ3) is 5.57. The van der Waals surface area contributed by atoms with Gasteiger partial charge in [0, 0.05) is 11.7 Å². The topological polar surface area (TPSA) is 81.9 Å². The van der Waals surface area contributed by atoms with E-state index in [1.54, 1.807) is 6.20 Å². The first-order chi connectivity index (χ1) is 13.9. The number of nitrogens with zero attached hydrogens (tertiary/aromatic N) is 4. The predicted molar refractivity (Wildman–Crippen MR) is 114 cm³/mol. The van der Waals surface area contributed by atoms with Crippen molar-refractivity contribution in [3.8, 4) is 23.0 Å². The highest BCUT2D eigenvalue weighted by Crippen LogP contribution is 2.28. The van der Waals surface area contributed by atoms with Gasteiger partial charge in [0.2, 0.25) is 5.91 Å². The van der Waals surface area contributed by atoms with Crippen molar-refractivity contribution in [3.63, 3.8) is 0 Å². The number of carbonyl (C=O) groups excluding carboxylic acids is 1. The zero-order valence-corrected chi connectivity index (χ0v) is 17.9. The summed E-state index contributed by atoms with van der Waals surface area (Å²) in [7, 11) is 0. The molecule has 3 rings (SSSR count). The number of ether oxygens (including phenoxy) is 1. The van der Waals surface area contributed by atoms with E-state index < -0.39 is 0 Å². The minimum atomic E-state index is -0.278. The minimum Gasteiger partial charge on any atom is -0.494 e. The molecule has 0 aliphatic carbocycles. The van der Waals surface area contributed by atoms with E-state index in [0.29, 0.717) is 23.3 Å². The van der Waals surface area contributed by atoms with Gasteiger partial charge in [0.25, 0.3) is 0 Å². The molecular weight excluding hydrogens is 386 g/mol. The van der Waals surface area contributed by atoms with E-state index in [4.69, 9.17) is 4.74 Å². The summed E-state index contributed by atoms with van der Waals surface area (Å²) in [6.45, 7) is 8.42. The van der Waals surface area contributed by atoms with Crippen molar-refractivity contribution < 1.29 is 9.53 Å². The van der Waals surface area contributed by atoms with Crippen LogP contribution in [0.15, 0.2) is 53.8 Å². The van der Waals surface area contributed by atoms with Crippen LogP contribution in [0.2, 0.25) is 0 Å². The average Bonchev–Trinajstić information content (AvgIpc) is 3.10. The number of hydrogen-bond donors (Lipinski definition) is 1. The van der Waals surface area contributed by atoms with E-state index in [-0.39, 0.29) is 17.2 Å². The van der Waals surface area contributed by atoms with Gasteiger partial charge in [0.15, 0.2) is 11.0 Å². The third-order valence-electron chi connectivity index (χ3n) is 3.78. The summed E-state index contributed by atoms with van der Waals surface area (Å²) in [5.41, 5.74) is 1.30. The maximum Gasteiger partial charge on any atom is 0.230 e. The smallest absolute Gasteiger partial charge is 0.230 e. The molecule has 0 atom stereocenters. The van der Waals surface area contributed by atoms with E-state index >= 15 is 0 Å². The van der Waals surface area contributed by atoms with Crippen LogP contribution in [0.25, 0.3) is 17.2 Å². The van der Waals surface area contributed by atoms with Gasteiger partial charge < -0.3 is 10.1 Å². The largest absolute Gasteiger partial charge is 0.494 e. The van der Waals surface area contributed by atoms with Crippen molar-refractivity contribution in [2.45, 2.75) is 38.4 Å². The van der Waals surface area contributed by atoms with Crippen LogP contribution in [0.5, 0.6) is 5.75 Å². The fraction of sp³-hybridized carbons (Fsp3) is 0.333. The SMILES string of the molecule is CCOc1ccc(-n2c(SCC(=O)NC(C)(C)C)nnc2-c2ccccn2)cc1. The lowest BCUT2D eigenvalue weighted by molar-refractivity contribution is -0.119. The molecule has 3 aromatic rings. The predicted octanol–water partition coefficient (Wildman–Crippen LogP) is 3.73. The Bertz CT molecular complexity index is 949. The number of aromatic nitrogens is 4. The highest BCUT2D eigenvalue weighted by Gasteiger charge is 2.19. The second-order valence-corrected chi connectivity index (χ2v) is 8.31. The molecule has 1 N–H and O–H groups in total. The van der Waals surface area contributed by atoms with Crippen molar-refractivity contribution in [1.29, 1.82) is 0 Å². The van der Waals surface area contributed by atoms with Gasteiger partial charge in [-0.3, -0.25) is 14.3 Å². The Balaban J connectivity index is 1.92. The van der Waals surface area contributed by atoms with Gasteiger partial charge in [0.05, 0.1) is 18.0 Å². The van der Waals surface area contributed by atoms with E-state index in [2.05, 4.69) is 20.5 Å². The van der Waals surface area contributed by atoms with Crippen molar-refractivity contribution in [2.75, 3.05) is 12.4 Å². The normalized spacial score (nSPS) is 11.3. The van der Waals surface area contributed by atoms with Crippen molar-refractivity contribution in [1.82, 2.24) is 25.1 Å². The van der Waals surface area contributed by atoms with Gasteiger partial charge in [-0.2, -0.15) is 0 Å². The van der Waals surface area contributed by atoms with Crippen molar-refractivity contribution in [2.24, 2.45) is 0 Å². The second kappa shape index (κ2) is 9.09. The quantitative estimate of drug-likeness (QED) is 0.597. The van der Waals surface area contributed by atoms with Gasteiger partial charge in [-0.1, -0.05) is 17.8 Å². The molecule has 0 spiro atoms. The van der Waals surface area contributed by atoms with Gasteiger partial charge >= 0.3 is 0 Å². The van der Waals surface area contributed by atoms with Crippen molar-refractivity contribution in [3.05, 3.63) is 48.7 Å². The molecule has 0 saturated heterocycles. The highest BCUT2D eigenvalue weighted by molar-refractivity contribution is 7.99. The maximum absolute atomic E-state index is 12.3. The molecule has 29 heavy (non-hydrogen) atoms. The van der Waals surface area contributed by atoms with E-state index in [1.165, 1.54) is 11.8 Å². The van der Waals surface area contributed by atoms with Crippen LogP contribution in [-0.2, 0) is 4.79 Å². The Hall–Kier alpha value is -2.87. The molecule has 0 fully saturated rings.